The van der Waals surface area contributed by atoms with Crippen molar-refractivity contribution in [1.82, 2.24) is 14.5 Å². The van der Waals surface area contributed by atoms with Crippen LogP contribution in [0.5, 0.6) is 0 Å². The zero-order valence-corrected chi connectivity index (χ0v) is 15.4. The van der Waals surface area contributed by atoms with E-state index >= 15 is 0 Å². The summed E-state index contributed by atoms with van der Waals surface area (Å²) in [5.74, 6) is 0.691. The van der Waals surface area contributed by atoms with Gasteiger partial charge in [-0.05, 0) is 57.4 Å². The molecule has 3 rings (SSSR count). The van der Waals surface area contributed by atoms with Crippen molar-refractivity contribution in [2.75, 3.05) is 24.7 Å². The molecule has 2 heterocycles. The van der Waals surface area contributed by atoms with E-state index in [1.165, 1.54) is 11.1 Å². The fraction of sp³-hybridized carbons (Fsp3) is 0.474. The first-order chi connectivity index (χ1) is 11.9. The molecule has 6 heteroatoms. The molecule has 1 aliphatic rings. The van der Waals surface area contributed by atoms with Gasteiger partial charge in [0.2, 0.25) is 5.95 Å². The lowest BCUT2D eigenvalue weighted by Gasteiger charge is -2.38. The zero-order chi connectivity index (χ0) is 18.1. The predicted molar refractivity (Wildman–Crippen MR) is 99.3 cm³/mol. The van der Waals surface area contributed by atoms with Crippen LogP contribution in [0.1, 0.15) is 28.8 Å². The molecule has 0 saturated heterocycles. The Balaban J connectivity index is 2.10. The average Bonchev–Trinajstić information content (AvgIpc) is 2.60. The van der Waals surface area contributed by atoms with Crippen molar-refractivity contribution in [2.45, 2.75) is 40.8 Å². The highest BCUT2D eigenvalue weighted by molar-refractivity contribution is 5.60. The van der Waals surface area contributed by atoms with E-state index in [-0.39, 0.29) is 12.2 Å². The summed E-state index contributed by atoms with van der Waals surface area (Å²) in [6.07, 6.45) is 0.684. The van der Waals surface area contributed by atoms with Gasteiger partial charge >= 0.3 is 0 Å². The highest BCUT2D eigenvalue weighted by Gasteiger charge is 2.27. The van der Waals surface area contributed by atoms with Gasteiger partial charge in [0.1, 0.15) is 0 Å². The molecule has 134 valence electrons. The second-order valence-electron chi connectivity index (χ2n) is 6.81. The molecular formula is C19H26N4O2. The Labute approximate surface area is 148 Å². The molecule has 0 spiro atoms. The SMILES string of the molecule is Cc1ccc(N2CN(CCCO)Cn3c2nc(C)c(C)c3=O)cc1C. The zero-order valence-electron chi connectivity index (χ0n) is 15.4. The topological polar surface area (TPSA) is 61.6 Å². The maximum absolute atomic E-state index is 12.8. The fourth-order valence-electron chi connectivity index (χ4n) is 3.11. The van der Waals surface area contributed by atoms with Crippen molar-refractivity contribution >= 4 is 11.6 Å². The average molecular weight is 342 g/mol. The van der Waals surface area contributed by atoms with Crippen LogP contribution in [-0.2, 0) is 6.67 Å². The Morgan fingerprint density at radius 1 is 1.12 bits per heavy atom. The molecule has 25 heavy (non-hydrogen) atoms. The van der Waals surface area contributed by atoms with E-state index in [2.05, 4.69) is 41.8 Å². The summed E-state index contributed by atoms with van der Waals surface area (Å²) >= 11 is 0. The minimum atomic E-state index is 0.00466. The smallest absolute Gasteiger partial charge is 0.259 e. The third-order valence-corrected chi connectivity index (χ3v) is 4.98. The van der Waals surface area contributed by atoms with E-state index in [4.69, 9.17) is 10.1 Å². The van der Waals surface area contributed by atoms with Crippen LogP contribution in [0.25, 0.3) is 0 Å². The highest BCUT2D eigenvalue weighted by Crippen LogP contribution is 2.29. The van der Waals surface area contributed by atoms with Gasteiger partial charge in [0.05, 0.1) is 13.3 Å². The molecule has 0 amide bonds. The molecule has 0 fully saturated rings. The van der Waals surface area contributed by atoms with E-state index in [1.807, 2.05) is 13.8 Å². The van der Waals surface area contributed by atoms with Crippen molar-refractivity contribution in [3.63, 3.8) is 0 Å². The molecule has 0 aliphatic carbocycles. The number of benzene rings is 1. The molecule has 0 atom stereocenters. The molecular weight excluding hydrogens is 316 g/mol. The first-order valence-electron chi connectivity index (χ1n) is 8.68. The minimum Gasteiger partial charge on any atom is -0.396 e. The van der Waals surface area contributed by atoms with Gasteiger partial charge in [-0.3, -0.25) is 19.2 Å². The quantitative estimate of drug-likeness (QED) is 0.923. The van der Waals surface area contributed by atoms with Gasteiger partial charge in [-0.15, -0.1) is 0 Å². The number of aliphatic hydroxyl groups is 1. The number of rotatable bonds is 4. The van der Waals surface area contributed by atoms with Gasteiger partial charge in [-0.25, -0.2) is 4.98 Å². The maximum Gasteiger partial charge on any atom is 0.259 e. The van der Waals surface area contributed by atoms with Crippen LogP contribution in [0.2, 0.25) is 0 Å². The molecule has 0 unspecified atom stereocenters. The second kappa shape index (κ2) is 6.98. The van der Waals surface area contributed by atoms with Gasteiger partial charge in [0.15, 0.2) is 0 Å². The number of aromatic nitrogens is 2. The number of aliphatic hydroxyl groups excluding tert-OH is 1. The lowest BCUT2D eigenvalue weighted by Crippen LogP contribution is -2.48. The second-order valence-corrected chi connectivity index (χ2v) is 6.81. The standard InChI is InChI=1S/C19H26N4O2/c1-13-6-7-17(10-14(13)2)22-11-21(8-5-9-24)12-23-18(25)15(3)16(4)20-19(22)23/h6-7,10,24H,5,8-9,11-12H2,1-4H3. The van der Waals surface area contributed by atoms with Gasteiger partial charge in [0.25, 0.3) is 5.56 Å². The Morgan fingerprint density at radius 2 is 1.88 bits per heavy atom. The summed E-state index contributed by atoms with van der Waals surface area (Å²) in [5.41, 5.74) is 4.94. The molecule has 1 N–H and O–H groups in total. The summed E-state index contributed by atoms with van der Waals surface area (Å²) in [6, 6.07) is 6.31. The minimum absolute atomic E-state index is 0.00466. The molecule has 1 aliphatic heterocycles. The lowest BCUT2D eigenvalue weighted by molar-refractivity contribution is 0.175. The normalized spacial score (nSPS) is 14.7. The van der Waals surface area contributed by atoms with E-state index < -0.39 is 0 Å². The Morgan fingerprint density at radius 3 is 2.56 bits per heavy atom. The number of fused-ring (bicyclic) bond motifs is 1. The van der Waals surface area contributed by atoms with Crippen molar-refractivity contribution in [3.8, 4) is 0 Å². The number of hydrogen-bond acceptors (Lipinski definition) is 5. The van der Waals surface area contributed by atoms with Crippen LogP contribution >= 0.6 is 0 Å². The van der Waals surface area contributed by atoms with Gasteiger partial charge in [0, 0.05) is 30.1 Å². The van der Waals surface area contributed by atoms with Crippen molar-refractivity contribution < 1.29 is 5.11 Å². The highest BCUT2D eigenvalue weighted by atomic mass is 16.3. The summed E-state index contributed by atoms with van der Waals surface area (Å²) < 4.78 is 1.73. The van der Waals surface area contributed by atoms with Crippen LogP contribution in [0.3, 0.4) is 0 Å². The molecule has 1 aromatic heterocycles. The molecule has 0 radical (unpaired) electrons. The predicted octanol–water partition coefficient (Wildman–Crippen LogP) is 2.23. The first kappa shape index (κ1) is 17.6. The molecule has 0 saturated carbocycles. The lowest BCUT2D eigenvalue weighted by atomic mass is 10.1. The molecule has 6 nitrogen and oxygen atoms in total. The maximum atomic E-state index is 12.8. The van der Waals surface area contributed by atoms with Gasteiger partial charge in [-0.1, -0.05) is 6.07 Å². The summed E-state index contributed by atoms with van der Waals surface area (Å²) in [5, 5.41) is 9.16. The van der Waals surface area contributed by atoms with Crippen LogP contribution in [0.4, 0.5) is 11.6 Å². The number of aryl methyl sites for hydroxylation is 3. The summed E-state index contributed by atoms with van der Waals surface area (Å²) in [4.78, 5) is 21.7. The molecule has 2 aromatic rings. The van der Waals surface area contributed by atoms with E-state index in [0.29, 0.717) is 31.3 Å². The van der Waals surface area contributed by atoms with Crippen LogP contribution in [0.15, 0.2) is 23.0 Å². The van der Waals surface area contributed by atoms with Crippen LogP contribution < -0.4 is 10.5 Å². The number of anilines is 2. The van der Waals surface area contributed by atoms with Crippen molar-refractivity contribution in [2.24, 2.45) is 0 Å². The summed E-state index contributed by atoms with van der Waals surface area (Å²) in [7, 11) is 0. The molecule has 0 bridgehead atoms. The Bertz CT molecular complexity index is 844. The molecule has 1 aromatic carbocycles. The van der Waals surface area contributed by atoms with Gasteiger partial charge < -0.3 is 5.11 Å². The third kappa shape index (κ3) is 3.32. The Kier molecular flexibility index (Phi) is 4.92. The van der Waals surface area contributed by atoms with Crippen molar-refractivity contribution in [3.05, 3.63) is 50.9 Å². The summed E-state index contributed by atoms with van der Waals surface area (Å²) in [6.45, 7) is 9.92. The largest absolute Gasteiger partial charge is 0.396 e. The monoisotopic (exact) mass is 342 g/mol. The van der Waals surface area contributed by atoms with Crippen molar-refractivity contribution in [1.29, 1.82) is 0 Å². The van der Waals surface area contributed by atoms with Crippen LogP contribution in [0, 0.1) is 27.7 Å². The number of hydrogen-bond donors (Lipinski definition) is 1. The van der Waals surface area contributed by atoms with E-state index in [0.717, 1.165) is 17.9 Å². The fourth-order valence-corrected chi connectivity index (χ4v) is 3.11. The van der Waals surface area contributed by atoms with E-state index in [1.54, 1.807) is 4.57 Å². The Hall–Kier alpha value is -2.18. The van der Waals surface area contributed by atoms with E-state index in [9.17, 15) is 4.79 Å². The van der Waals surface area contributed by atoms with Gasteiger partial charge in [-0.2, -0.15) is 0 Å². The number of nitrogens with zero attached hydrogens (tertiary/aromatic N) is 4. The first-order valence-corrected chi connectivity index (χ1v) is 8.68. The van der Waals surface area contributed by atoms with Crippen LogP contribution in [-0.4, -0.2) is 39.4 Å². The third-order valence-electron chi connectivity index (χ3n) is 4.98.